The molecule has 0 atom stereocenters. The second-order valence-corrected chi connectivity index (χ2v) is 3.49. The van der Waals surface area contributed by atoms with Crippen molar-refractivity contribution in [2.75, 3.05) is 24.7 Å². The molecule has 2 heterocycles. The zero-order valence-electron chi connectivity index (χ0n) is 9.63. The zero-order valence-corrected chi connectivity index (χ0v) is 9.63. The average molecular weight is 233 g/mol. The minimum Gasteiger partial charge on any atom is -0.479 e. The van der Waals surface area contributed by atoms with Crippen LogP contribution in [0.4, 0.5) is 11.5 Å². The Morgan fingerprint density at radius 3 is 3.06 bits per heavy atom. The number of hydrogen-bond donors (Lipinski definition) is 2. The molecule has 0 saturated carbocycles. The van der Waals surface area contributed by atoms with Crippen molar-refractivity contribution in [2.45, 2.75) is 6.54 Å². The maximum Gasteiger partial charge on any atom is 0.238 e. The summed E-state index contributed by atoms with van der Waals surface area (Å²) in [6.07, 6.45) is 3.67. The van der Waals surface area contributed by atoms with Gasteiger partial charge in [0.2, 0.25) is 5.88 Å². The second kappa shape index (κ2) is 5.20. The second-order valence-electron chi connectivity index (χ2n) is 3.49. The number of nitrogens with two attached hydrogens (primary N) is 1. The minimum absolute atomic E-state index is 0.439. The first-order valence-corrected chi connectivity index (χ1v) is 5.31. The Hall–Kier alpha value is -2.24. The lowest BCUT2D eigenvalue weighted by Crippen LogP contribution is -2.12. The molecule has 17 heavy (non-hydrogen) atoms. The van der Waals surface area contributed by atoms with Gasteiger partial charge in [-0.05, 0) is 18.2 Å². The van der Waals surface area contributed by atoms with Crippen molar-refractivity contribution in [3.63, 3.8) is 0 Å². The molecule has 0 unspecified atom stereocenters. The molecule has 0 spiro atoms. The van der Waals surface area contributed by atoms with Crippen LogP contribution in [0.1, 0.15) is 0 Å². The summed E-state index contributed by atoms with van der Waals surface area (Å²) in [6.45, 7) is 1.52. The van der Waals surface area contributed by atoms with Gasteiger partial charge in [-0.15, -0.1) is 0 Å². The Kier molecular flexibility index (Phi) is 3.44. The lowest BCUT2D eigenvalue weighted by atomic mass is 10.4. The van der Waals surface area contributed by atoms with Gasteiger partial charge in [0.15, 0.2) is 0 Å². The quantitative estimate of drug-likeness (QED) is 0.805. The Labute approximate surface area is 99.4 Å². The van der Waals surface area contributed by atoms with E-state index in [0.717, 1.165) is 18.9 Å². The van der Waals surface area contributed by atoms with E-state index in [9.17, 15) is 0 Å². The zero-order chi connectivity index (χ0) is 12.1. The van der Waals surface area contributed by atoms with Gasteiger partial charge in [-0.25, -0.2) is 0 Å². The van der Waals surface area contributed by atoms with Gasteiger partial charge in [0.05, 0.1) is 19.3 Å². The number of methoxy groups -OCH3 is 1. The summed E-state index contributed by atoms with van der Waals surface area (Å²) in [6, 6.07) is 5.48. The molecule has 2 aromatic heterocycles. The van der Waals surface area contributed by atoms with Crippen LogP contribution >= 0.6 is 0 Å². The number of rotatable bonds is 5. The monoisotopic (exact) mass is 233 g/mol. The summed E-state index contributed by atoms with van der Waals surface area (Å²) < 4.78 is 6.89. The molecule has 0 amide bonds. The number of hydrogen-bond acceptors (Lipinski definition) is 5. The number of nitrogen functional groups attached to an aromatic ring is 1. The summed E-state index contributed by atoms with van der Waals surface area (Å²) in [5.41, 5.74) is 6.21. The lowest BCUT2D eigenvalue weighted by Gasteiger charge is -2.08. The van der Waals surface area contributed by atoms with Crippen molar-refractivity contribution in [1.29, 1.82) is 0 Å². The van der Waals surface area contributed by atoms with Crippen LogP contribution in [0.15, 0.2) is 30.6 Å². The number of anilines is 2. The Morgan fingerprint density at radius 1 is 1.47 bits per heavy atom. The summed E-state index contributed by atoms with van der Waals surface area (Å²) in [4.78, 5) is 4.22. The van der Waals surface area contributed by atoms with Gasteiger partial charge >= 0.3 is 0 Å². The number of ether oxygens (including phenoxy) is 1. The summed E-state index contributed by atoms with van der Waals surface area (Å²) >= 11 is 0. The van der Waals surface area contributed by atoms with Crippen molar-refractivity contribution in [2.24, 2.45) is 0 Å². The van der Waals surface area contributed by atoms with Gasteiger partial charge in [-0.1, -0.05) is 0 Å². The highest BCUT2D eigenvalue weighted by Gasteiger charge is 2.02. The largest absolute Gasteiger partial charge is 0.479 e. The third-order valence-corrected chi connectivity index (χ3v) is 2.29. The molecule has 6 heteroatoms. The van der Waals surface area contributed by atoms with Crippen LogP contribution in [0.25, 0.3) is 0 Å². The molecule has 0 bridgehead atoms. The molecule has 2 rings (SSSR count). The predicted molar refractivity (Wildman–Crippen MR) is 65.9 cm³/mol. The SMILES string of the molecule is COc1nc(NCCn2cccn2)ccc1N. The van der Waals surface area contributed by atoms with E-state index in [4.69, 9.17) is 10.5 Å². The van der Waals surface area contributed by atoms with Crippen molar-refractivity contribution < 1.29 is 4.74 Å². The van der Waals surface area contributed by atoms with Gasteiger partial charge in [0, 0.05) is 18.9 Å². The van der Waals surface area contributed by atoms with Crippen molar-refractivity contribution in [1.82, 2.24) is 14.8 Å². The van der Waals surface area contributed by atoms with Crippen LogP contribution < -0.4 is 15.8 Å². The number of nitrogens with zero attached hydrogens (tertiary/aromatic N) is 3. The first-order chi connectivity index (χ1) is 8.29. The third-order valence-electron chi connectivity index (χ3n) is 2.29. The maximum atomic E-state index is 5.68. The summed E-state index contributed by atoms with van der Waals surface area (Å²) in [5.74, 6) is 1.18. The fraction of sp³-hybridized carbons (Fsp3) is 0.273. The van der Waals surface area contributed by atoms with Gasteiger partial charge in [0.25, 0.3) is 0 Å². The van der Waals surface area contributed by atoms with Crippen LogP contribution in [-0.2, 0) is 6.54 Å². The van der Waals surface area contributed by atoms with Crippen LogP contribution in [0.5, 0.6) is 5.88 Å². The molecule has 6 nitrogen and oxygen atoms in total. The van der Waals surface area contributed by atoms with Gasteiger partial charge in [-0.3, -0.25) is 4.68 Å². The molecule has 0 radical (unpaired) electrons. The van der Waals surface area contributed by atoms with Crippen LogP contribution in [0.2, 0.25) is 0 Å². The van der Waals surface area contributed by atoms with Crippen LogP contribution in [-0.4, -0.2) is 28.4 Å². The highest BCUT2D eigenvalue weighted by molar-refractivity contribution is 5.53. The molecule has 3 N–H and O–H groups in total. The van der Waals surface area contributed by atoms with Gasteiger partial charge < -0.3 is 15.8 Å². The standard InChI is InChI=1S/C11H15N5O/c1-17-11-9(12)3-4-10(15-11)13-6-8-16-7-2-5-14-16/h2-5,7H,6,8,12H2,1H3,(H,13,15). The van der Waals surface area contributed by atoms with Crippen LogP contribution in [0, 0.1) is 0 Å². The molecular formula is C11H15N5O. The smallest absolute Gasteiger partial charge is 0.238 e. The van der Waals surface area contributed by atoms with Gasteiger partial charge in [-0.2, -0.15) is 10.1 Å². The molecule has 0 aliphatic rings. The average Bonchev–Trinajstić information content (AvgIpc) is 2.84. The Morgan fingerprint density at radius 2 is 2.35 bits per heavy atom. The van der Waals surface area contributed by atoms with Crippen molar-refractivity contribution in [3.05, 3.63) is 30.6 Å². The number of nitrogens with one attached hydrogen (secondary N) is 1. The van der Waals surface area contributed by atoms with E-state index in [1.54, 1.807) is 19.4 Å². The maximum absolute atomic E-state index is 5.68. The van der Waals surface area contributed by atoms with Crippen LogP contribution in [0.3, 0.4) is 0 Å². The molecule has 0 aromatic carbocycles. The first-order valence-electron chi connectivity index (χ1n) is 5.31. The summed E-state index contributed by atoms with van der Waals surface area (Å²) in [7, 11) is 1.55. The lowest BCUT2D eigenvalue weighted by molar-refractivity contribution is 0.401. The van der Waals surface area contributed by atoms with E-state index in [2.05, 4.69) is 15.4 Å². The molecule has 2 aromatic rings. The molecule has 90 valence electrons. The topological polar surface area (TPSA) is 78.0 Å². The van der Waals surface area contributed by atoms with E-state index in [1.807, 2.05) is 23.0 Å². The van der Waals surface area contributed by atoms with Crippen molar-refractivity contribution in [3.8, 4) is 5.88 Å². The highest BCUT2D eigenvalue weighted by Crippen LogP contribution is 2.19. The molecule has 0 saturated heterocycles. The number of pyridine rings is 1. The highest BCUT2D eigenvalue weighted by atomic mass is 16.5. The Bertz CT molecular complexity index is 469. The van der Waals surface area contributed by atoms with Gasteiger partial charge in [0.1, 0.15) is 5.82 Å². The fourth-order valence-electron chi connectivity index (χ4n) is 1.44. The minimum atomic E-state index is 0.439. The fourth-order valence-corrected chi connectivity index (χ4v) is 1.44. The molecule has 0 fully saturated rings. The predicted octanol–water partition coefficient (Wildman–Crippen LogP) is 0.981. The Balaban J connectivity index is 1.90. The normalized spacial score (nSPS) is 10.2. The van der Waals surface area contributed by atoms with E-state index in [0.29, 0.717) is 11.6 Å². The van der Waals surface area contributed by atoms with E-state index in [-0.39, 0.29) is 0 Å². The van der Waals surface area contributed by atoms with Crippen molar-refractivity contribution >= 4 is 11.5 Å². The molecular weight excluding hydrogens is 218 g/mol. The van der Waals surface area contributed by atoms with E-state index < -0.39 is 0 Å². The summed E-state index contributed by atoms with van der Waals surface area (Å²) in [5, 5.41) is 7.28. The van der Waals surface area contributed by atoms with E-state index >= 15 is 0 Å². The molecule has 0 aliphatic carbocycles. The first kappa shape index (κ1) is 11.3. The molecule has 0 aliphatic heterocycles. The third kappa shape index (κ3) is 2.87. The number of aromatic nitrogens is 3. The van der Waals surface area contributed by atoms with E-state index in [1.165, 1.54) is 0 Å².